The Morgan fingerprint density at radius 2 is 1.62 bits per heavy atom. The fourth-order valence-electron chi connectivity index (χ4n) is 3.65. The molecular weight excluding hydrogens is 414 g/mol. The topological polar surface area (TPSA) is 125 Å². The Kier molecular flexibility index (Phi) is 5.59. The lowest BCUT2D eigenvalue weighted by atomic mass is 10.1. The van der Waals surface area contributed by atoms with Crippen LogP contribution in [0.5, 0.6) is 0 Å². The number of carbonyl (C=O) groups excluding carboxylic acids is 1. The van der Waals surface area contributed by atoms with E-state index in [1.54, 1.807) is 4.90 Å². The summed E-state index contributed by atoms with van der Waals surface area (Å²) in [7, 11) is 0. The average Bonchev–Trinajstić information content (AvgIpc) is 2.80. The van der Waals surface area contributed by atoms with Crippen LogP contribution >= 0.6 is 0 Å². The zero-order valence-electron chi connectivity index (χ0n) is 17.3. The van der Waals surface area contributed by atoms with Gasteiger partial charge in [-0.15, -0.1) is 0 Å². The molecule has 1 heterocycles. The molecule has 164 valence electrons. The molecule has 0 saturated carbocycles. The number of hydrogen-bond donors (Lipinski definition) is 2. The summed E-state index contributed by atoms with van der Waals surface area (Å²) in [6.07, 6.45) is 0. The van der Waals surface area contributed by atoms with E-state index in [1.165, 1.54) is 24.3 Å². The minimum absolute atomic E-state index is 0.0558. The largest absolute Gasteiger partial charge is 0.363 e. The first-order valence-corrected chi connectivity index (χ1v) is 10.1. The maximum atomic E-state index is 12.5. The number of rotatable bonds is 5. The molecule has 10 nitrogen and oxygen atoms in total. The molecule has 3 aromatic rings. The maximum Gasteiger partial charge on any atom is 0.321 e. The Morgan fingerprint density at radius 3 is 2.25 bits per heavy atom. The molecular formula is C22H21N5O5. The van der Waals surface area contributed by atoms with Crippen molar-refractivity contribution in [2.75, 3.05) is 41.7 Å². The number of piperazine rings is 1. The van der Waals surface area contributed by atoms with Gasteiger partial charge >= 0.3 is 6.03 Å². The van der Waals surface area contributed by atoms with Gasteiger partial charge in [0.2, 0.25) is 0 Å². The van der Waals surface area contributed by atoms with Crippen LogP contribution in [0.1, 0.15) is 5.56 Å². The highest BCUT2D eigenvalue weighted by Crippen LogP contribution is 2.27. The number of nitrogens with zero attached hydrogens (tertiary/aromatic N) is 3. The number of hydrogen-bond acceptors (Lipinski definition) is 7. The zero-order chi connectivity index (χ0) is 22.8. The van der Waals surface area contributed by atoms with Gasteiger partial charge in [0.15, 0.2) is 0 Å². The lowest BCUT2D eigenvalue weighted by Crippen LogP contribution is -2.53. The Labute approximate surface area is 182 Å². The van der Waals surface area contributed by atoms with Crippen LogP contribution in [0.3, 0.4) is 0 Å². The number of para-hydroxylation sites is 1. The highest BCUT2D eigenvalue weighted by molar-refractivity contribution is 5.89. The number of non-ortho nitro benzene ring substituents is 1. The number of aryl methyl sites for hydroxylation is 1. The Balaban J connectivity index is 1.39. The summed E-state index contributed by atoms with van der Waals surface area (Å²) in [5, 5.41) is 16.5. The predicted molar refractivity (Wildman–Crippen MR) is 122 cm³/mol. The van der Waals surface area contributed by atoms with E-state index in [4.69, 9.17) is 0 Å². The smallest absolute Gasteiger partial charge is 0.321 e. The third kappa shape index (κ3) is 4.02. The molecule has 2 N–H and O–H groups in total. The fourth-order valence-corrected chi connectivity index (χ4v) is 3.65. The van der Waals surface area contributed by atoms with Crippen LogP contribution in [0.25, 0.3) is 0 Å². The van der Waals surface area contributed by atoms with Gasteiger partial charge in [0, 0.05) is 49.7 Å². The standard InChI is InChI=1S/C22H21N5O5/c1-14-4-2-3-5-17(14)24-18-19(21(29)20(18)28)25-10-12-26(13-11-25)22(30)23-15-6-8-16(9-7-15)27(31)32/h2-9,24H,10-13H2,1H3,(H,23,30). The second-order valence-electron chi connectivity index (χ2n) is 7.53. The number of anilines is 4. The Morgan fingerprint density at radius 1 is 0.969 bits per heavy atom. The maximum absolute atomic E-state index is 12.5. The summed E-state index contributed by atoms with van der Waals surface area (Å²) < 4.78 is 0. The van der Waals surface area contributed by atoms with Crippen LogP contribution in [0, 0.1) is 17.0 Å². The van der Waals surface area contributed by atoms with Crippen LogP contribution in [-0.2, 0) is 0 Å². The fraction of sp³-hybridized carbons (Fsp3) is 0.227. The lowest BCUT2D eigenvalue weighted by molar-refractivity contribution is -0.384. The molecule has 1 saturated heterocycles. The van der Waals surface area contributed by atoms with Crippen molar-refractivity contribution < 1.29 is 9.72 Å². The van der Waals surface area contributed by atoms with Gasteiger partial charge in [-0.2, -0.15) is 0 Å². The van der Waals surface area contributed by atoms with E-state index in [1.807, 2.05) is 36.1 Å². The average molecular weight is 435 g/mol. The highest BCUT2D eigenvalue weighted by atomic mass is 16.6. The zero-order valence-corrected chi connectivity index (χ0v) is 17.3. The minimum Gasteiger partial charge on any atom is -0.363 e. The molecule has 3 aromatic carbocycles. The van der Waals surface area contributed by atoms with Gasteiger partial charge in [0.05, 0.1) is 4.92 Å². The summed E-state index contributed by atoms with van der Waals surface area (Å²) in [5.74, 6) is 0. The van der Waals surface area contributed by atoms with Crippen LogP contribution in [-0.4, -0.2) is 42.0 Å². The molecule has 0 spiro atoms. The van der Waals surface area contributed by atoms with Crippen molar-refractivity contribution in [1.82, 2.24) is 4.90 Å². The molecule has 0 atom stereocenters. The Hall–Kier alpha value is -4.21. The van der Waals surface area contributed by atoms with Gasteiger partial charge in [0.25, 0.3) is 16.5 Å². The molecule has 1 fully saturated rings. The van der Waals surface area contributed by atoms with Gasteiger partial charge in [-0.1, -0.05) is 18.2 Å². The first-order chi connectivity index (χ1) is 15.3. The molecule has 0 bridgehead atoms. The van der Waals surface area contributed by atoms with Crippen molar-refractivity contribution in [3.05, 3.63) is 84.7 Å². The third-order valence-corrected chi connectivity index (χ3v) is 5.50. The number of urea groups is 1. The van der Waals surface area contributed by atoms with E-state index in [9.17, 15) is 24.5 Å². The SMILES string of the molecule is Cc1ccccc1Nc1c(N2CCN(C(=O)Nc3ccc([N+](=O)[O-])cc3)CC2)c(=O)c1=O. The van der Waals surface area contributed by atoms with Gasteiger partial charge in [-0.3, -0.25) is 19.7 Å². The molecule has 4 rings (SSSR count). The summed E-state index contributed by atoms with van der Waals surface area (Å²) >= 11 is 0. The number of nitro benzene ring substituents is 1. The van der Waals surface area contributed by atoms with E-state index < -0.39 is 15.8 Å². The third-order valence-electron chi connectivity index (χ3n) is 5.50. The minimum atomic E-state index is -0.540. The lowest BCUT2D eigenvalue weighted by Gasteiger charge is -2.37. The van der Waals surface area contributed by atoms with E-state index in [0.717, 1.165) is 11.3 Å². The monoisotopic (exact) mass is 435 g/mol. The van der Waals surface area contributed by atoms with Crippen molar-refractivity contribution in [3.8, 4) is 0 Å². The summed E-state index contributed by atoms with van der Waals surface area (Å²) in [6.45, 7) is 3.45. The quantitative estimate of drug-likeness (QED) is 0.358. The molecule has 1 aliphatic rings. The molecule has 32 heavy (non-hydrogen) atoms. The van der Waals surface area contributed by atoms with E-state index in [0.29, 0.717) is 37.6 Å². The second-order valence-corrected chi connectivity index (χ2v) is 7.53. The van der Waals surface area contributed by atoms with Crippen molar-refractivity contribution in [3.63, 3.8) is 0 Å². The number of benzene rings is 2. The molecule has 1 aliphatic heterocycles. The van der Waals surface area contributed by atoms with Gasteiger partial charge in [-0.25, -0.2) is 4.79 Å². The van der Waals surface area contributed by atoms with Gasteiger partial charge < -0.3 is 20.4 Å². The molecule has 0 aliphatic carbocycles. The number of carbonyl (C=O) groups is 1. The van der Waals surface area contributed by atoms with Crippen molar-refractivity contribution in [2.45, 2.75) is 6.92 Å². The van der Waals surface area contributed by atoms with Gasteiger partial charge in [-0.05, 0) is 30.7 Å². The van der Waals surface area contributed by atoms with E-state index in [-0.39, 0.29) is 17.4 Å². The number of nitrogens with one attached hydrogen (secondary N) is 2. The van der Waals surface area contributed by atoms with Crippen LogP contribution in [0.15, 0.2) is 58.1 Å². The van der Waals surface area contributed by atoms with Crippen LogP contribution in [0.2, 0.25) is 0 Å². The summed E-state index contributed by atoms with van der Waals surface area (Å²) in [5.41, 5.74) is 1.70. The molecule has 0 radical (unpaired) electrons. The molecule has 0 aromatic heterocycles. The van der Waals surface area contributed by atoms with Gasteiger partial charge in [0.1, 0.15) is 11.4 Å². The van der Waals surface area contributed by atoms with Crippen molar-refractivity contribution in [1.29, 1.82) is 0 Å². The summed E-state index contributed by atoms with van der Waals surface area (Å²) in [6, 6.07) is 12.8. The first kappa shape index (κ1) is 21.0. The van der Waals surface area contributed by atoms with E-state index in [2.05, 4.69) is 10.6 Å². The normalized spacial score (nSPS) is 13.8. The molecule has 2 amide bonds. The first-order valence-electron chi connectivity index (χ1n) is 10.1. The van der Waals surface area contributed by atoms with Crippen molar-refractivity contribution in [2.24, 2.45) is 0 Å². The number of amides is 2. The molecule has 10 heteroatoms. The second kappa shape index (κ2) is 8.50. The number of nitro groups is 1. The predicted octanol–water partition coefficient (Wildman–Crippen LogP) is 2.60. The van der Waals surface area contributed by atoms with Crippen LogP contribution < -0.4 is 26.4 Å². The van der Waals surface area contributed by atoms with Crippen molar-refractivity contribution >= 4 is 34.5 Å². The van der Waals surface area contributed by atoms with E-state index >= 15 is 0 Å². The van der Waals surface area contributed by atoms with Crippen LogP contribution in [0.4, 0.5) is 33.2 Å². The Bertz CT molecular complexity index is 1240. The summed E-state index contributed by atoms with van der Waals surface area (Å²) in [4.78, 5) is 50.6. The highest BCUT2D eigenvalue weighted by Gasteiger charge is 2.30. The molecule has 0 unspecified atom stereocenters.